The Balaban J connectivity index is 2.68. The average molecular weight is 294 g/mol. The summed E-state index contributed by atoms with van der Waals surface area (Å²) in [6, 6.07) is -1.52. The van der Waals surface area contributed by atoms with Crippen molar-refractivity contribution in [1.82, 2.24) is 9.03 Å². The monoisotopic (exact) mass is 294 g/mol. The highest BCUT2D eigenvalue weighted by molar-refractivity contribution is 7.87. The Morgan fingerprint density at radius 3 is 2.32 bits per heavy atom. The maximum absolute atomic E-state index is 12.0. The van der Waals surface area contributed by atoms with Crippen LogP contribution in [0.1, 0.15) is 33.1 Å². The minimum absolute atomic E-state index is 0.389. The lowest BCUT2D eigenvalue weighted by Crippen LogP contribution is -2.53. The zero-order chi connectivity index (χ0) is 14.6. The highest BCUT2D eigenvalue weighted by atomic mass is 32.2. The number of piperidine rings is 1. The summed E-state index contributed by atoms with van der Waals surface area (Å²) in [4.78, 5) is 10.9. The number of nitrogens with zero attached hydrogens (tertiary/aromatic N) is 1. The van der Waals surface area contributed by atoms with Gasteiger partial charge in [0.25, 0.3) is 10.2 Å². The molecule has 0 saturated carbocycles. The van der Waals surface area contributed by atoms with E-state index >= 15 is 0 Å². The van der Waals surface area contributed by atoms with Gasteiger partial charge in [0.15, 0.2) is 0 Å². The molecule has 0 unspecified atom stereocenters. The van der Waals surface area contributed by atoms with E-state index in [0.29, 0.717) is 19.0 Å². The number of carboxylic acids is 1. The fraction of sp³-hybridized carbons (Fsp3) is 0.909. The highest BCUT2D eigenvalue weighted by Gasteiger charge is 2.33. The number of aliphatic hydroxyl groups is 1. The lowest BCUT2D eigenvalue weighted by atomic mass is 9.96. The van der Waals surface area contributed by atoms with E-state index in [4.69, 9.17) is 5.11 Å². The molecule has 1 saturated heterocycles. The van der Waals surface area contributed by atoms with Crippen LogP contribution in [0.2, 0.25) is 0 Å². The molecule has 0 spiro atoms. The SMILES string of the molecule is CCC1CCN(S(=O)(=O)N[C@@H](C(=O)O)[C@H](C)O)CC1. The van der Waals surface area contributed by atoms with Gasteiger partial charge in [-0.15, -0.1) is 0 Å². The number of aliphatic hydroxyl groups excluding tert-OH is 1. The number of carboxylic acid groups (broad SMARTS) is 1. The van der Waals surface area contributed by atoms with Gasteiger partial charge < -0.3 is 10.2 Å². The Morgan fingerprint density at radius 1 is 1.42 bits per heavy atom. The molecule has 0 aromatic rings. The second-order valence-corrected chi connectivity index (χ2v) is 6.63. The molecule has 8 heteroatoms. The molecule has 2 atom stereocenters. The molecule has 0 aromatic heterocycles. The van der Waals surface area contributed by atoms with Gasteiger partial charge in [-0.1, -0.05) is 13.3 Å². The first-order valence-electron chi connectivity index (χ1n) is 6.46. The van der Waals surface area contributed by atoms with Crippen molar-refractivity contribution in [3.63, 3.8) is 0 Å². The molecule has 19 heavy (non-hydrogen) atoms. The maximum atomic E-state index is 12.0. The van der Waals surface area contributed by atoms with E-state index in [0.717, 1.165) is 19.3 Å². The van der Waals surface area contributed by atoms with Crippen molar-refractivity contribution in [3.05, 3.63) is 0 Å². The van der Waals surface area contributed by atoms with E-state index in [1.807, 2.05) is 4.72 Å². The Morgan fingerprint density at radius 2 is 1.95 bits per heavy atom. The van der Waals surface area contributed by atoms with Gasteiger partial charge in [0.2, 0.25) is 0 Å². The van der Waals surface area contributed by atoms with Gasteiger partial charge in [-0.05, 0) is 25.7 Å². The molecule has 1 aliphatic heterocycles. The predicted molar refractivity (Wildman–Crippen MR) is 69.7 cm³/mol. The molecule has 1 heterocycles. The van der Waals surface area contributed by atoms with Crippen LogP contribution in [0.25, 0.3) is 0 Å². The number of aliphatic carboxylic acids is 1. The minimum atomic E-state index is -3.86. The van der Waals surface area contributed by atoms with Crippen LogP contribution in [0.5, 0.6) is 0 Å². The third kappa shape index (κ3) is 4.41. The molecule has 3 N–H and O–H groups in total. The number of hydrogen-bond acceptors (Lipinski definition) is 4. The van der Waals surface area contributed by atoms with Gasteiger partial charge in [0.05, 0.1) is 6.10 Å². The topological polar surface area (TPSA) is 107 Å². The number of rotatable bonds is 6. The van der Waals surface area contributed by atoms with Crippen LogP contribution < -0.4 is 4.72 Å². The first-order chi connectivity index (χ1) is 8.77. The summed E-state index contributed by atoms with van der Waals surface area (Å²) in [6.07, 6.45) is 1.29. The van der Waals surface area contributed by atoms with Crippen LogP contribution >= 0.6 is 0 Å². The standard InChI is InChI=1S/C11H22N2O5S/c1-3-9-4-6-13(7-5-9)19(17,18)12-10(8(2)14)11(15)16/h8-10,12,14H,3-7H2,1-2H3,(H,15,16)/t8-,10+/m0/s1. The number of hydrogen-bond donors (Lipinski definition) is 3. The molecule has 1 rings (SSSR count). The third-order valence-electron chi connectivity index (χ3n) is 3.52. The Bertz CT molecular complexity index is 401. The third-order valence-corrected chi connectivity index (χ3v) is 5.11. The van der Waals surface area contributed by atoms with Crippen molar-refractivity contribution in [1.29, 1.82) is 0 Å². The van der Waals surface area contributed by atoms with Crippen molar-refractivity contribution in [2.75, 3.05) is 13.1 Å². The fourth-order valence-corrected chi connectivity index (χ4v) is 3.61. The number of carbonyl (C=O) groups is 1. The van der Waals surface area contributed by atoms with Crippen molar-refractivity contribution >= 4 is 16.2 Å². The molecule has 0 amide bonds. The zero-order valence-electron chi connectivity index (χ0n) is 11.2. The molecule has 1 fully saturated rings. The first kappa shape index (κ1) is 16.4. The van der Waals surface area contributed by atoms with Crippen molar-refractivity contribution in [2.45, 2.75) is 45.3 Å². The lowest BCUT2D eigenvalue weighted by molar-refractivity contribution is -0.141. The average Bonchev–Trinajstić information content (AvgIpc) is 2.35. The molecular formula is C11H22N2O5S. The fourth-order valence-electron chi connectivity index (χ4n) is 2.15. The van der Waals surface area contributed by atoms with E-state index in [9.17, 15) is 18.3 Å². The molecule has 1 aliphatic rings. The molecule has 0 aliphatic carbocycles. The van der Waals surface area contributed by atoms with Crippen LogP contribution in [0.4, 0.5) is 0 Å². The molecule has 0 aromatic carbocycles. The maximum Gasteiger partial charge on any atom is 0.324 e. The largest absolute Gasteiger partial charge is 0.480 e. The van der Waals surface area contributed by atoms with Crippen LogP contribution in [-0.2, 0) is 15.0 Å². The van der Waals surface area contributed by atoms with E-state index in [-0.39, 0.29) is 0 Å². The lowest BCUT2D eigenvalue weighted by Gasteiger charge is -2.31. The second kappa shape index (κ2) is 6.65. The molecule has 7 nitrogen and oxygen atoms in total. The zero-order valence-corrected chi connectivity index (χ0v) is 12.1. The van der Waals surface area contributed by atoms with Gasteiger partial charge in [-0.25, -0.2) is 0 Å². The molecule has 112 valence electrons. The minimum Gasteiger partial charge on any atom is -0.480 e. The van der Waals surface area contributed by atoms with Crippen LogP contribution in [-0.4, -0.2) is 54.1 Å². The summed E-state index contributed by atoms with van der Waals surface area (Å²) in [7, 11) is -3.86. The molecule has 0 radical (unpaired) electrons. The Labute approximate surface area is 113 Å². The van der Waals surface area contributed by atoms with Crippen LogP contribution in [0, 0.1) is 5.92 Å². The normalized spacial score (nSPS) is 22.1. The van der Waals surface area contributed by atoms with Gasteiger partial charge in [-0.3, -0.25) is 4.79 Å². The van der Waals surface area contributed by atoms with Gasteiger partial charge >= 0.3 is 5.97 Å². The Kier molecular flexibility index (Phi) is 5.72. The van der Waals surface area contributed by atoms with E-state index in [1.165, 1.54) is 11.2 Å². The van der Waals surface area contributed by atoms with E-state index in [2.05, 4.69) is 6.92 Å². The van der Waals surface area contributed by atoms with Crippen molar-refractivity contribution in [3.8, 4) is 0 Å². The van der Waals surface area contributed by atoms with E-state index < -0.39 is 28.3 Å². The van der Waals surface area contributed by atoms with Gasteiger partial charge in [0, 0.05) is 13.1 Å². The van der Waals surface area contributed by atoms with Crippen molar-refractivity contribution in [2.24, 2.45) is 5.92 Å². The predicted octanol–water partition coefficient (Wildman–Crippen LogP) is -0.223. The molecular weight excluding hydrogens is 272 g/mol. The van der Waals surface area contributed by atoms with E-state index in [1.54, 1.807) is 0 Å². The van der Waals surface area contributed by atoms with Gasteiger partial charge in [0.1, 0.15) is 6.04 Å². The quantitative estimate of drug-likeness (QED) is 0.627. The summed E-state index contributed by atoms with van der Waals surface area (Å²) in [6.45, 7) is 4.09. The second-order valence-electron chi connectivity index (χ2n) is 4.93. The smallest absolute Gasteiger partial charge is 0.324 e. The highest BCUT2D eigenvalue weighted by Crippen LogP contribution is 2.21. The Hall–Kier alpha value is -0.700. The van der Waals surface area contributed by atoms with Crippen LogP contribution in [0.3, 0.4) is 0 Å². The van der Waals surface area contributed by atoms with Crippen LogP contribution in [0.15, 0.2) is 0 Å². The first-order valence-corrected chi connectivity index (χ1v) is 7.90. The summed E-state index contributed by atoms with van der Waals surface area (Å²) >= 11 is 0. The number of nitrogens with one attached hydrogen (secondary N) is 1. The summed E-state index contributed by atoms with van der Waals surface area (Å²) in [5.41, 5.74) is 0. The summed E-state index contributed by atoms with van der Waals surface area (Å²) < 4.78 is 27.4. The molecule has 0 bridgehead atoms. The van der Waals surface area contributed by atoms with Gasteiger partial charge in [-0.2, -0.15) is 17.4 Å². The summed E-state index contributed by atoms with van der Waals surface area (Å²) in [5, 5.41) is 18.2. The summed E-state index contributed by atoms with van der Waals surface area (Å²) in [5.74, 6) is -0.861. The van der Waals surface area contributed by atoms with Crippen molar-refractivity contribution < 1.29 is 23.4 Å².